The normalized spacial score (nSPS) is 13.2. The highest BCUT2D eigenvalue weighted by Gasteiger charge is 2.53. The Hall–Kier alpha value is -0.730. The molecule has 0 atom stereocenters. The molecule has 0 aromatic heterocycles. The molecule has 0 amide bonds. The highest BCUT2D eigenvalue weighted by molar-refractivity contribution is 5.76. The molecule has 0 unspecified atom stereocenters. The van der Waals surface area contributed by atoms with Crippen LogP contribution in [0.1, 0.15) is 0 Å². The molecular weight excluding hydrogens is 160 g/mol. The number of hydrogen-bond donors (Lipinski definition) is 6. The fourth-order valence-electron chi connectivity index (χ4n) is 0.281. The van der Waals surface area contributed by atoms with E-state index in [0.29, 0.717) is 0 Å². The zero-order valence-corrected chi connectivity index (χ0v) is 5.30. The third-order valence-corrected chi connectivity index (χ3v) is 1.08. The van der Waals surface area contributed by atoms with Gasteiger partial charge in [0.1, 0.15) is 6.61 Å². The molecule has 0 saturated heterocycles. The van der Waals surface area contributed by atoms with Crippen LogP contribution < -0.4 is 0 Å². The zero-order valence-electron chi connectivity index (χ0n) is 5.30. The number of hydrogen-bond acceptors (Lipinski definition) is 6. The Morgan fingerprint density at radius 2 is 1.55 bits per heavy atom. The fourth-order valence-corrected chi connectivity index (χ4v) is 0.281. The summed E-state index contributed by atoms with van der Waals surface area (Å²) in [6.45, 7) is -1.51. The highest BCUT2D eigenvalue weighted by Crippen LogP contribution is 2.15. The van der Waals surface area contributed by atoms with Crippen molar-refractivity contribution in [3.05, 3.63) is 0 Å². The SMILES string of the molecule is O=C(O)C(O)(O)C(O)(O)CO. The topological polar surface area (TPSA) is 138 Å². The lowest BCUT2D eigenvalue weighted by atomic mass is 10.1. The van der Waals surface area contributed by atoms with Crippen molar-refractivity contribution >= 4 is 5.97 Å². The molecular formula is C4H8O7. The van der Waals surface area contributed by atoms with E-state index in [4.69, 9.17) is 30.6 Å². The summed E-state index contributed by atoms with van der Waals surface area (Å²) in [5.74, 6) is -9.52. The summed E-state index contributed by atoms with van der Waals surface area (Å²) in [5.41, 5.74) is 0. The van der Waals surface area contributed by atoms with Crippen molar-refractivity contribution in [1.82, 2.24) is 0 Å². The van der Waals surface area contributed by atoms with E-state index in [9.17, 15) is 4.79 Å². The molecule has 0 fully saturated rings. The Labute approximate surface area is 60.8 Å². The lowest BCUT2D eigenvalue weighted by Gasteiger charge is -2.28. The van der Waals surface area contributed by atoms with Gasteiger partial charge in [0.2, 0.25) is 0 Å². The van der Waals surface area contributed by atoms with Gasteiger partial charge in [0.05, 0.1) is 0 Å². The van der Waals surface area contributed by atoms with Crippen LogP contribution in [0.5, 0.6) is 0 Å². The molecule has 7 heteroatoms. The van der Waals surface area contributed by atoms with Crippen molar-refractivity contribution in [2.24, 2.45) is 0 Å². The van der Waals surface area contributed by atoms with Gasteiger partial charge in [0, 0.05) is 0 Å². The second-order valence-corrected chi connectivity index (χ2v) is 1.95. The smallest absolute Gasteiger partial charge is 0.370 e. The molecule has 0 rings (SSSR count). The zero-order chi connectivity index (χ0) is 9.28. The second kappa shape index (κ2) is 2.72. The molecule has 0 aromatic carbocycles. The average Bonchev–Trinajstić information content (AvgIpc) is 1.87. The van der Waals surface area contributed by atoms with Crippen LogP contribution in [0.25, 0.3) is 0 Å². The third-order valence-electron chi connectivity index (χ3n) is 1.08. The standard InChI is InChI=1S/C4H8O7/c5-1-3(8,9)4(10,11)2(6)7/h5,8-11H,1H2,(H,6,7). The lowest BCUT2D eigenvalue weighted by molar-refractivity contribution is -0.352. The first-order chi connectivity index (χ1) is 4.75. The maximum atomic E-state index is 9.90. The van der Waals surface area contributed by atoms with E-state index in [0.717, 1.165) is 0 Å². The molecule has 11 heavy (non-hydrogen) atoms. The number of aliphatic hydroxyl groups is 5. The van der Waals surface area contributed by atoms with Gasteiger partial charge in [-0.05, 0) is 0 Å². The molecule has 0 aliphatic heterocycles. The monoisotopic (exact) mass is 168 g/mol. The predicted molar refractivity (Wildman–Crippen MR) is 29.1 cm³/mol. The Morgan fingerprint density at radius 1 is 1.18 bits per heavy atom. The molecule has 0 aromatic rings. The van der Waals surface area contributed by atoms with Crippen LogP contribution in [0, 0.1) is 0 Å². The molecule has 0 spiro atoms. The third kappa shape index (κ3) is 1.64. The van der Waals surface area contributed by atoms with Crippen molar-refractivity contribution < 1.29 is 35.4 Å². The molecule has 0 aliphatic rings. The van der Waals surface area contributed by atoms with E-state index in [1.54, 1.807) is 0 Å². The van der Waals surface area contributed by atoms with Crippen molar-refractivity contribution in [2.45, 2.75) is 11.6 Å². The van der Waals surface area contributed by atoms with E-state index in [2.05, 4.69) is 0 Å². The largest absolute Gasteiger partial charge is 0.477 e. The maximum Gasteiger partial charge on any atom is 0.370 e. The van der Waals surface area contributed by atoms with Gasteiger partial charge < -0.3 is 30.6 Å². The molecule has 0 radical (unpaired) electrons. The number of aliphatic carboxylic acids is 1. The van der Waals surface area contributed by atoms with Gasteiger partial charge in [-0.3, -0.25) is 0 Å². The minimum atomic E-state index is -3.78. The summed E-state index contributed by atoms with van der Waals surface area (Å²) in [4.78, 5) is 9.90. The lowest BCUT2D eigenvalue weighted by Crippen LogP contribution is -2.61. The number of carbonyl (C=O) groups is 1. The predicted octanol–water partition coefficient (Wildman–Crippen LogP) is -3.57. The minimum absolute atomic E-state index is 1.51. The molecule has 0 aliphatic carbocycles. The van der Waals surface area contributed by atoms with Gasteiger partial charge in [-0.25, -0.2) is 4.79 Å². The highest BCUT2D eigenvalue weighted by atomic mass is 16.6. The van der Waals surface area contributed by atoms with Crippen LogP contribution >= 0.6 is 0 Å². The Balaban J connectivity index is 4.67. The Morgan fingerprint density at radius 3 is 1.64 bits per heavy atom. The van der Waals surface area contributed by atoms with Crippen LogP contribution in [-0.2, 0) is 4.79 Å². The number of aliphatic hydroxyl groups excluding tert-OH is 1. The van der Waals surface area contributed by atoms with E-state index < -0.39 is 24.2 Å². The molecule has 0 saturated carbocycles. The van der Waals surface area contributed by atoms with E-state index in [-0.39, 0.29) is 0 Å². The van der Waals surface area contributed by atoms with Gasteiger partial charge in [-0.1, -0.05) is 0 Å². The van der Waals surface area contributed by atoms with Gasteiger partial charge >= 0.3 is 11.8 Å². The summed E-state index contributed by atoms with van der Waals surface area (Å²) in [6, 6.07) is 0. The van der Waals surface area contributed by atoms with Gasteiger partial charge in [-0.15, -0.1) is 0 Å². The van der Waals surface area contributed by atoms with Crippen LogP contribution in [0.15, 0.2) is 0 Å². The molecule has 66 valence electrons. The van der Waals surface area contributed by atoms with Crippen LogP contribution in [0.3, 0.4) is 0 Å². The van der Waals surface area contributed by atoms with Crippen molar-refractivity contribution in [1.29, 1.82) is 0 Å². The van der Waals surface area contributed by atoms with E-state index >= 15 is 0 Å². The summed E-state index contributed by atoms with van der Waals surface area (Å²) in [6.07, 6.45) is 0. The first-order valence-corrected chi connectivity index (χ1v) is 2.49. The van der Waals surface area contributed by atoms with E-state index in [1.165, 1.54) is 0 Å². The number of carboxylic acid groups (broad SMARTS) is 1. The van der Waals surface area contributed by atoms with Crippen LogP contribution in [-0.4, -0.2) is 54.8 Å². The quantitative estimate of drug-likeness (QED) is 0.239. The molecule has 7 nitrogen and oxygen atoms in total. The van der Waals surface area contributed by atoms with Gasteiger partial charge in [0.15, 0.2) is 0 Å². The van der Waals surface area contributed by atoms with Gasteiger partial charge in [0.25, 0.3) is 5.79 Å². The molecule has 0 bridgehead atoms. The van der Waals surface area contributed by atoms with Crippen molar-refractivity contribution in [2.75, 3.05) is 6.61 Å². The summed E-state index contributed by atoms with van der Waals surface area (Å²) in [5, 5.41) is 49.8. The molecule has 6 N–H and O–H groups in total. The van der Waals surface area contributed by atoms with Crippen LogP contribution in [0.4, 0.5) is 0 Å². The summed E-state index contributed by atoms with van der Waals surface area (Å²) < 4.78 is 0. The fraction of sp³-hybridized carbons (Fsp3) is 0.750. The van der Waals surface area contributed by atoms with Crippen LogP contribution in [0.2, 0.25) is 0 Å². The van der Waals surface area contributed by atoms with Crippen molar-refractivity contribution in [3.8, 4) is 0 Å². The second-order valence-electron chi connectivity index (χ2n) is 1.95. The average molecular weight is 168 g/mol. The minimum Gasteiger partial charge on any atom is -0.477 e. The maximum absolute atomic E-state index is 9.90. The van der Waals surface area contributed by atoms with Gasteiger partial charge in [-0.2, -0.15) is 0 Å². The number of carboxylic acids is 1. The first kappa shape index (κ1) is 10.3. The summed E-state index contributed by atoms with van der Waals surface area (Å²) >= 11 is 0. The van der Waals surface area contributed by atoms with E-state index in [1.807, 2.05) is 0 Å². The number of rotatable bonds is 3. The molecule has 0 heterocycles. The van der Waals surface area contributed by atoms with Crippen molar-refractivity contribution in [3.63, 3.8) is 0 Å². The first-order valence-electron chi connectivity index (χ1n) is 2.49. The summed E-state index contributed by atoms with van der Waals surface area (Å²) in [7, 11) is 0. The Kier molecular flexibility index (Phi) is 2.54. The Bertz CT molecular complexity index is 160.